The third-order valence-electron chi connectivity index (χ3n) is 11.1. The van der Waals surface area contributed by atoms with Crippen LogP contribution in [0, 0.1) is 0 Å². The molecule has 5 nitrogen and oxygen atoms in total. The van der Waals surface area contributed by atoms with Crippen LogP contribution in [0.25, 0.3) is 83.5 Å². The molecule has 0 saturated heterocycles. The van der Waals surface area contributed by atoms with Crippen LogP contribution >= 0.6 is 0 Å². The van der Waals surface area contributed by atoms with E-state index in [1.807, 2.05) is 55.0 Å². The van der Waals surface area contributed by atoms with Crippen LogP contribution in [-0.4, -0.2) is 24.6 Å². The number of rotatable bonds is 6. The number of aromatic nitrogens is 4. The van der Waals surface area contributed by atoms with E-state index < -0.39 is 0 Å². The summed E-state index contributed by atoms with van der Waals surface area (Å²) >= 11 is 0. The maximum absolute atomic E-state index is 11.1. The van der Waals surface area contributed by atoms with Gasteiger partial charge in [0.2, 0.25) is 0 Å². The molecular weight excluding hydrogens is 709 g/mol. The lowest BCUT2D eigenvalue weighted by Gasteiger charge is -2.26. The highest BCUT2D eigenvalue weighted by atomic mass is 16.3. The second-order valence-corrected chi connectivity index (χ2v) is 17.2. The number of hydrogen-bond acceptors (Lipinski definition) is 4. The van der Waals surface area contributed by atoms with Crippen molar-refractivity contribution in [1.29, 1.82) is 0 Å². The molecule has 5 heteroatoms. The highest BCUT2D eigenvalue weighted by Crippen LogP contribution is 2.40. The van der Waals surface area contributed by atoms with Crippen molar-refractivity contribution in [1.82, 2.24) is 19.5 Å². The van der Waals surface area contributed by atoms with Gasteiger partial charge in [0.15, 0.2) is 0 Å². The Morgan fingerprint density at radius 2 is 1.12 bits per heavy atom. The third-order valence-corrected chi connectivity index (χ3v) is 11.1. The summed E-state index contributed by atoms with van der Waals surface area (Å²) in [7, 11) is 0. The molecule has 5 aromatic carbocycles. The van der Waals surface area contributed by atoms with Gasteiger partial charge in [-0.05, 0) is 105 Å². The fraction of sp³-hybridized carbons (Fsp3) is 0.151. The molecule has 0 radical (unpaired) electrons. The molecule has 9 aromatic rings. The second kappa shape index (κ2) is 14.3. The molecule has 0 fully saturated rings. The topological polar surface area (TPSA) is 63.8 Å². The Labute approximate surface area is 340 Å². The quantitative estimate of drug-likeness (QED) is 0.184. The maximum atomic E-state index is 11.1. The number of pyridine rings is 3. The fourth-order valence-electron chi connectivity index (χ4n) is 7.94. The summed E-state index contributed by atoms with van der Waals surface area (Å²) in [5.74, 6) is 0.199. The summed E-state index contributed by atoms with van der Waals surface area (Å²) in [6, 6.07) is 50.7. The zero-order valence-corrected chi connectivity index (χ0v) is 33.8. The molecule has 0 bridgehead atoms. The van der Waals surface area contributed by atoms with Gasteiger partial charge in [0.25, 0.3) is 0 Å². The zero-order chi connectivity index (χ0) is 40.2. The zero-order valence-electron chi connectivity index (χ0n) is 33.8. The van der Waals surface area contributed by atoms with Crippen molar-refractivity contribution < 1.29 is 5.11 Å². The summed E-state index contributed by atoms with van der Waals surface area (Å²) in [5, 5.41) is 13.4. The lowest BCUT2D eigenvalue weighted by Crippen LogP contribution is -2.16. The van der Waals surface area contributed by atoms with Gasteiger partial charge >= 0.3 is 0 Å². The molecule has 0 unspecified atom stereocenters. The van der Waals surface area contributed by atoms with Crippen LogP contribution in [0.5, 0.6) is 5.75 Å². The molecular formula is C53H46N4O. The highest BCUT2D eigenvalue weighted by molar-refractivity contribution is 6.10. The number of hydrogen-bond donors (Lipinski definition) is 1. The monoisotopic (exact) mass is 754 g/mol. The van der Waals surface area contributed by atoms with Crippen LogP contribution in [0.1, 0.15) is 52.7 Å². The number of nitrogens with zero attached hydrogens (tertiary/aromatic N) is 4. The largest absolute Gasteiger partial charge is 0.507 e. The van der Waals surface area contributed by atoms with Crippen LogP contribution < -0.4 is 0 Å². The van der Waals surface area contributed by atoms with Crippen LogP contribution in [0.15, 0.2) is 164 Å². The van der Waals surface area contributed by atoms with E-state index in [2.05, 4.69) is 154 Å². The van der Waals surface area contributed by atoms with E-state index in [0.29, 0.717) is 11.3 Å². The summed E-state index contributed by atoms with van der Waals surface area (Å²) in [6.07, 6.45) is 5.54. The summed E-state index contributed by atoms with van der Waals surface area (Å²) in [5.41, 5.74) is 15.2. The predicted molar refractivity (Wildman–Crippen MR) is 240 cm³/mol. The van der Waals surface area contributed by atoms with Crippen molar-refractivity contribution in [3.05, 3.63) is 175 Å². The number of phenolic OH excluding ortho intramolecular Hbond substituents is 1. The minimum atomic E-state index is -0.0394. The van der Waals surface area contributed by atoms with Crippen LogP contribution in [0.3, 0.4) is 0 Å². The van der Waals surface area contributed by atoms with Crippen molar-refractivity contribution in [3.63, 3.8) is 0 Å². The van der Waals surface area contributed by atoms with Gasteiger partial charge in [-0.3, -0.25) is 9.97 Å². The molecule has 9 rings (SSSR count). The first-order valence-corrected chi connectivity index (χ1v) is 19.9. The van der Waals surface area contributed by atoms with Crippen LogP contribution in [0.2, 0.25) is 0 Å². The first-order valence-electron chi connectivity index (χ1n) is 19.9. The molecule has 0 spiro atoms. The molecule has 1 N–H and O–H groups in total. The van der Waals surface area contributed by atoms with E-state index in [1.54, 1.807) is 6.07 Å². The van der Waals surface area contributed by atoms with E-state index in [-0.39, 0.29) is 16.6 Å². The van der Waals surface area contributed by atoms with Gasteiger partial charge in [-0.15, -0.1) is 0 Å². The van der Waals surface area contributed by atoms with Crippen molar-refractivity contribution in [3.8, 4) is 67.5 Å². The van der Waals surface area contributed by atoms with Crippen molar-refractivity contribution in [2.24, 2.45) is 0 Å². The average molecular weight is 755 g/mol. The molecule has 0 atom stereocenters. The molecule has 284 valence electrons. The maximum Gasteiger partial charge on any atom is 0.124 e. The number of aromatic hydroxyl groups is 1. The molecule has 0 saturated carbocycles. The molecule has 0 aliphatic carbocycles. The Morgan fingerprint density at radius 3 is 1.88 bits per heavy atom. The van der Waals surface area contributed by atoms with Crippen molar-refractivity contribution in [2.75, 3.05) is 0 Å². The van der Waals surface area contributed by atoms with E-state index >= 15 is 0 Å². The highest BCUT2D eigenvalue weighted by Gasteiger charge is 2.22. The SMILES string of the molecule is CC(C)(C)c1cc(-c2cc(-c3cccc(-c4ncccc4-c4ccc5c(c4)c4ccccc4n5-c4ccncc4)c3)nc(-c3ccccc3O)c2)cc(C(C)(C)C)c1. The molecule has 58 heavy (non-hydrogen) atoms. The lowest BCUT2D eigenvalue weighted by atomic mass is 9.79. The summed E-state index contributed by atoms with van der Waals surface area (Å²) in [6.45, 7) is 13.6. The van der Waals surface area contributed by atoms with Gasteiger partial charge in [-0.1, -0.05) is 120 Å². The molecule has 0 aliphatic rings. The number of para-hydroxylation sites is 2. The Morgan fingerprint density at radius 1 is 0.466 bits per heavy atom. The molecule has 4 aromatic heterocycles. The van der Waals surface area contributed by atoms with Gasteiger partial charge in [0.1, 0.15) is 5.75 Å². The smallest absolute Gasteiger partial charge is 0.124 e. The van der Waals surface area contributed by atoms with Crippen LogP contribution in [0.4, 0.5) is 0 Å². The standard InChI is InChI=1S/C53H46N4O/c1-52(2,3)39-28-37(29-40(33-39)53(4,5)6)38-31-46(56-47(32-38)44-16-8-10-19-50(44)58)35-13-11-14-36(27-35)51-42(17-12-24-55-51)34-20-21-49-45(30-34)43-15-7-9-18-48(43)57(49)41-22-25-54-26-23-41/h7-33,58H,1-6H3. The van der Waals surface area contributed by atoms with Crippen molar-refractivity contribution in [2.45, 2.75) is 52.4 Å². The van der Waals surface area contributed by atoms with Crippen LogP contribution in [-0.2, 0) is 10.8 Å². The second-order valence-electron chi connectivity index (χ2n) is 17.2. The Bertz CT molecular complexity index is 2950. The summed E-state index contributed by atoms with van der Waals surface area (Å²) < 4.78 is 2.30. The Balaban J connectivity index is 1.19. The minimum absolute atomic E-state index is 0.0394. The van der Waals surface area contributed by atoms with E-state index in [0.717, 1.165) is 61.5 Å². The Kier molecular flexibility index (Phi) is 9.04. The normalized spacial score (nSPS) is 12.0. The van der Waals surface area contributed by atoms with Gasteiger partial charge in [0, 0.05) is 57.3 Å². The molecule has 0 amide bonds. The summed E-state index contributed by atoms with van der Waals surface area (Å²) in [4.78, 5) is 14.5. The van der Waals surface area contributed by atoms with Gasteiger partial charge in [-0.25, -0.2) is 4.98 Å². The van der Waals surface area contributed by atoms with Gasteiger partial charge < -0.3 is 9.67 Å². The first-order chi connectivity index (χ1) is 27.9. The number of phenols is 1. The number of fused-ring (bicyclic) bond motifs is 3. The van der Waals surface area contributed by atoms with E-state index in [9.17, 15) is 5.11 Å². The number of benzene rings is 5. The van der Waals surface area contributed by atoms with E-state index in [4.69, 9.17) is 9.97 Å². The lowest BCUT2D eigenvalue weighted by molar-refractivity contribution is 0.477. The van der Waals surface area contributed by atoms with Crippen molar-refractivity contribution >= 4 is 21.8 Å². The molecule has 4 heterocycles. The third kappa shape index (κ3) is 6.83. The minimum Gasteiger partial charge on any atom is -0.507 e. The van der Waals surface area contributed by atoms with Gasteiger partial charge in [0.05, 0.1) is 28.1 Å². The van der Waals surface area contributed by atoms with Gasteiger partial charge in [-0.2, -0.15) is 0 Å². The fourth-order valence-corrected chi connectivity index (χ4v) is 7.94. The average Bonchev–Trinajstić information content (AvgIpc) is 3.57. The van der Waals surface area contributed by atoms with E-state index in [1.165, 1.54) is 21.9 Å². The molecule has 0 aliphatic heterocycles. The first kappa shape index (κ1) is 36.8. The predicted octanol–water partition coefficient (Wildman–Crippen LogP) is 13.6. The Hall–Kier alpha value is -6.85.